The Morgan fingerprint density at radius 2 is 1.95 bits per heavy atom. The summed E-state index contributed by atoms with van der Waals surface area (Å²) in [5.74, 6) is 0.140. The largest absolute Gasteiger partial charge is 0.379 e. The van der Waals surface area contributed by atoms with Gasteiger partial charge in [0, 0.05) is 49.5 Å². The van der Waals surface area contributed by atoms with E-state index in [4.69, 9.17) is 9.72 Å². The summed E-state index contributed by atoms with van der Waals surface area (Å²) < 4.78 is 7.21. The van der Waals surface area contributed by atoms with E-state index in [9.17, 15) is 4.79 Å². The van der Waals surface area contributed by atoms with Gasteiger partial charge in [-0.2, -0.15) is 0 Å². The zero-order valence-electron chi connectivity index (χ0n) is 21.5. The molecule has 5 aromatic rings. The van der Waals surface area contributed by atoms with Gasteiger partial charge in [0.15, 0.2) is 0 Å². The number of nitrogens with one attached hydrogen (secondary N) is 2. The number of carbonyl (C=O) groups excluding carboxylic acids is 1. The Morgan fingerprint density at radius 1 is 1.05 bits per heavy atom. The summed E-state index contributed by atoms with van der Waals surface area (Å²) in [7, 11) is 0. The van der Waals surface area contributed by atoms with Gasteiger partial charge in [0.1, 0.15) is 11.4 Å². The van der Waals surface area contributed by atoms with Crippen molar-refractivity contribution in [1.29, 1.82) is 0 Å². The molecule has 1 aliphatic rings. The van der Waals surface area contributed by atoms with Gasteiger partial charge in [-0.1, -0.05) is 12.1 Å². The van der Waals surface area contributed by atoms with Gasteiger partial charge in [0.05, 0.1) is 30.6 Å². The quantitative estimate of drug-likeness (QED) is 0.327. The molecule has 1 amide bonds. The normalized spacial score (nSPS) is 13.9. The number of carbonyl (C=O) groups is 1. The fourth-order valence-corrected chi connectivity index (χ4v) is 4.54. The SMILES string of the molecule is Cc1ccc(CN2CCOCC2)cc1NC(=O)c1ccc(Nc2nc(-c3cccnc3)c3cccn3n2)cn1. The number of anilines is 3. The number of benzene rings is 1. The highest BCUT2D eigenvalue weighted by molar-refractivity contribution is 6.03. The van der Waals surface area contributed by atoms with Crippen LogP contribution in [0.3, 0.4) is 0 Å². The first-order valence-electron chi connectivity index (χ1n) is 12.8. The van der Waals surface area contributed by atoms with Gasteiger partial charge in [0.2, 0.25) is 5.95 Å². The molecule has 0 saturated carbocycles. The lowest BCUT2D eigenvalue weighted by Gasteiger charge is -2.26. The lowest BCUT2D eigenvalue weighted by atomic mass is 10.1. The molecule has 4 aromatic heterocycles. The summed E-state index contributed by atoms with van der Waals surface area (Å²) in [4.78, 5) is 28.7. The van der Waals surface area contributed by atoms with Gasteiger partial charge >= 0.3 is 0 Å². The fraction of sp³-hybridized carbons (Fsp3) is 0.207. The van der Waals surface area contributed by atoms with Crippen LogP contribution in [-0.4, -0.2) is 61.7 Å². The number of hydrogen-bond donors (Lipinski definition) is 2. The average Bonchev–Trinajstić information content (AvgIpc) is 3.44. The second-order valence-corrected chi connectivity index (χ2v) is 9.41. The lowest BCUT2D eigenvalue weighted by Crippen LogP contribution is -2.35. The van der Waals surface area contributed by atoms with Crippen LogP contribution in [0.4, 0.5) is 17.3 Å². The van der Waals surface area contributed by atoms with Crippen molar-refractivity contribution in [3.8, 4) is 11.3 Å². The minimum atomic E-state index is -0.267. The lowest BCUT2D eigenvalue weighted by molar-refractivity contribution is 0.0342. The van der Waals surface area contributed by atoms with E-state index in [0.29, 0.717) is 17.3 Å². The van der Waals surface area contributed by atoms with E-state index in [1.165, 1.54) is 0 Å². The van der Waals surface area contributed by atoms with Crippen LogP contribution >= 0.6 is 0 Å². The van der Waals surface area contributed by atoms with E-state index in [2.05, 4.69) is 36.7 Å². The number of pyridine rings is 2. The first kappa shape index (κ1) is 24.7. The zero-order chi connectivity index (χ0) is 26.6. The predicted octanol–water partition coefficient (Wildman–Crippen LogP) is 4.32. The molecule has 2 N–H and O–H groups in total. The highest BCUT2D eigenvalue weighted by Gasteiger charge is 2.14. The van der Waals surface area contributed by atoms with Gasteiger partial charge in [-0.25, -0.2) is 14.5 Å². The third kappa shape index (κ3) is 5.62. The molecule has 39 heavy (non-hydrogen) atoms. The molecular weight excluding hydrogens is 492 g/mol. The summed E-state index contributed by atoms with van der Waals surface area (Å²) in [5, 5.41) is 10.8. The van der Waals surface area contributed by atoms with E-state index in [1.54, 1.807) is 35.2 Å². The van der Waals surface area contributed by atoms with Crippen LogP contribution in [0.25, 0.3) is 16.8 Å². The van der Waals surface area contributed by atoms with Crippen LogP contribution < -0.4 is 10.6 Å². The van der Waals surface area contributed by atoms with Crippen LogP contribution in [0.1, 0.15) is 21.6 Å². The maximum Gasteiger partial charge on any atom is 0.274 e. The Morgan fingerprint density at radius 3 is 2.74 bits per heavy atom. The summed E-state index contributed by atoms with van der Waals surface area (Å²) >= 11 is 0. The predicted molar refractivity (Wildman–Crippen MR) is 149 cm³/mol. The molecule has 1 saturated heterocycles. The highest BCUT2D eigenvalue weighted by atomic mass is 16.5. The number of amides is 1. The number of hydrogen-bond acceptors (Lipinski definition) is 8. The first-order chi connectivity index (χ1) is 19.1. The van der Waals surface area contributed by atoms with Crippen LogP contribution in [0.2, 0.25) is 0 Å². The number of morpholine rings is 1. The van der Waals surface area contributed by atoms with Crippen LogP contribution in [0.5, 0.6) is 0 Å². The third-order valence-electron chi connectivity index (χ3n) is 6.64. The molecular formula is C29H28N8O2. The topological polar surface area (TPSA) is 110 Å². The highest BCUT2D eigenvalue weighted by Crippen LogP contribution is 2.24. The molecule has 10 nitrogen and oxygen atoms in total. The van der Waals surface area contributed by atoms with Crippen molar-refractivity contribution in [2.75, 3.05) is 36.9 Å². The molecule has 0 unspecified atom stereocenters. The molecule has 0 atom stereocenters. The van der Waals surface area contributed by atoms with Gasteiger partial charge in [0.25, 0.3) is 5.91 Å². The van der Waals surface area contributed by atoms with Crippen molar-refractivity contribution in [2.45, 2.75) is 13.5 Å². The molecule has 0 bridgehead atoms. The van der Waals surface area contributed by atoms with Crippen molar-refractivity contribution in [3.05, 3.63) is 96.2 Å². The summed E-state index contributed by atoms with van der Waals surface area (Å²) in [6.07, 6.45) is 6.97. The summed E-state index contributed by atoms with van der Waals surface area (Å²) in [6.45, 7) is 6.14. The van der Waals surface area contributed by atoms with E-state index < -0.39 is 0 Å². The van der Waals surface area contributed by atoms with E-state index in [1.807, 2.05) is 49.5 Å². The molecule has 5 heterocycles. The van der Waals surface area contributed by atoms with Crippen LogP contribution in [-0.2, 0) is 11.3 Å². The van der Waals surface area contributed by atoms with Gasteiger partial charge in [-0.3, -0.25) is 14.7 Å². The van der Waals surface area contributed by atoms with Gasteiger partial charge in [-0.15, -0.1) is 5.10 Å². The summed E-state index contributed by atoms with van der Waals surface area (Å²) in [6, 6.07) is 17.4. The first-order valence-corrected chi connectivity index (χ1v) is 12.8. The number of aromatic nitrogens is 5. The molecule has 0 radical (unpaired) electrons. The second kappa shape index (κ2) is 11.0. The van der Waals surface area contributed by atoms with Crippen molar-refractivity contribution >= 4 is 28.7 Å². The Balaban J connectivity index is 1.16. The van der Waals surface area contributed by atoms with Gasteiger partial charge in [-0.05, 0) is 60.5 Å². The Labute approximate surface area is 225 Å². The Hall–Kier alpha value is -4.67. The molecule has 10 heteroatoms. The van der Waals surface area contributed by atoms with E-state index in [-0.39, 0.29) is 5.91 Å². The maximum atomic E-state index is 13.0. The Kier molecular flexibility index (Phi) is 6.94. The molecule has 0 spiro atoms. The monoisotopic (exact) mass is 520 g/mol. The van der Waals surface area contributed by atoms with E-state index in [0.717, 1.165) is 66.4 Å². The molecule has 196 valence electrons. The standard InChI is InChI=1S/C29H28N8O2/c1-20-6-7-21(19-36-12-14-39-15-13-36)16-25(20)33-28(38)24-9-8-23(18-31-24)32-29-34-27(22-4-2-10-30-17-22)26-5-3-11-37(26)35-29/h2-11,16-18H,12-15,19H2,1H3,(H,32,35)(H,33,38). The van der Waals surface area contributed by atoms with Crippen molar-refractivity contribution < 1.29 is 9.53 Å². The number of fused-ring (bicyclic) bond motifs is 1. The summed E-state index contributed by atoms with van der Waals surface area (Å²) in [5.41, 5.74) is 6.44. The zero-order valence-corrected chi connectivity index (χ0v) is 21.5. The van der Waals surface area contributed by atoms with Crippen LogP contribution in [0.15, 0.2) is 79.4 Å². The number of ether oxygens (including phenoxy) is 1. The second-order valence-electron chi connectivity index (χ2n) is 9.41. The average molecular weight is 521 g/mol. The third-order valence-corrected chi connectivity index (χ3v) is 6.64. The Bertz CT molecular complexity index is 1600. The van der Waals surface area contributed by atoms with Crippen molar-refractivity contribution in [2.24, 2.45) is 0 Å². The van der Waals surface area contributed by atoms with Crippen molar-refractivity contribution in [3.63, 3.8) is 0 Å². The molecule has 1 fully saturated rings. The molecule has 1 aromatic carbocycles. The minimum Gasteiger partial charge on any atom is -0.379 e. The molecule has 0 aliphatic carbocycles. The van der Waals surface area contributed by atoms with Crippen molar-refractivity contribution in [1.82, 2.24) is 29.5 Å². The number of rotatable bonds is 7. The smallest absolute Gasteiger partial charge is 0.274 e. The number of aryl methyl sites for hydroxylation is 1. The minimum absolute atomic E-state index is 0.267. The van der Waals surface area contributed by atoms with Crippen LogP contribution in [0, 0.1) is 6.92 Å². The fourth-order valence-electron chi connectivity index (χ4n) is 4.54. The molecule has 6 rings (SSSR count). The molecule has 1 aliphatic heterocycles. The maximum absolute atomic E-state index is 13.0. The number of nitrogens with zero attached hydrogens (tertiary/aromatic N) is 6. The van der Waals surface area contributed by atoms with Gasteiger partial charge < -0.3 is 15.4 Å². The van der Waals surface area contributed by atoms with E-state index >= 15 is 0 Å².